The van der Waals surface area contributed by atoms with Crippen LogP contribution in [-0.2, 0) is 0 Å². The van der Waals surface area contributed by atoms with E-state index in [0.29, 0.717) is 0 Å². The summed E-state index contributed by atoms with van der Waals surface area (Å²) in [4.78, 5) is 0. The van der Waals surface area contributed by atoms with Crippen LogP contribution in [0.3, 0.4) is 0 Å². The molecule has 0 radical (unpaired) electrons. The van der Waals surface area contributed by atoms with Gasteiger partial charge in [0.05, 0.1) is 26.2 Å². The van der Waals surface area contributed by atoms with E-state index in [9.17, 15) is 0 Å². The molecule has 0 aromatic carbocycles. The van der Waals surface area contributed by atoms with E-state index >= 15 is 0 Å². The highest BCUT2D eigenvalue weighted by atomic mass is 35.5. The number of hydrogen-bond acceptors (Lipinski definition) is 0. The molecule has 0 heterocycles. The summed E-state index contributed by atoms with van der Waals surface area (Å²) in [6.07, 6.45) is 14.2. The summed E-state index contributed by atoms with van der Waals surface area (Å²) in [6, 6.07) is 0. The molecule has 1 nitrogen and oxygen atoms in total. The highest BCUT2D eigenvalue weighted by Gasteiger charge is 2.21. The molecule has 0 spiro atoms. The SMILES string of the molecule is CCCCCCC[N+](CC)(CC)CCCCCCC.[Cl-]. The lowest BCUT2D eigenvalue weighted by molar-refractivity contribution is -0.925. The first-order valence-corrected chi connectivity index (χ1v) is 9.09. The minimum absolute atomic E-state index is 0. The molecule has 0 saturated carbocycles. The molecule has 0 N–H and O–H groups in total. The van der Waals surface area contributed by atoms with Gasteiger partial charge in [-0.2, -0.15) is 0 Å². The Morgan fingerprint density at radius 2 is 0.850 bits per heavy atom. The average Bonchev–Trinajstić information content (AvgIpc) is 2.45. The van der Waals surface area contributed by atoms with Crippen molar-refractivity contribution < 1.29 is 16.9 Å². The van der Waals surface area contributed by atoms with Gasteiger partial charge in [-0.3, -0.25) is 0 Å². The number of unbranched alkanes of at least 4 members (excludes halogenated alkanes) is 8. The van der Waals surface area contributed by atoms with Crippen LogP contribution in [0.4, 0.5) is 0 Å². The van der Waals surface area contributed by atoms with E-state index < -0.39 is 0 Å². The van der Waals surface area contributed by atoms with Crippen LogP contribution >= 0.6 is 0 Å². The molecule has 0 aromatic rings. The van der Waals surface area contributed by atoms with Gasteiger partial charge in [0.15, 0.2) is 0 Å². The minimum atomic E-state index is 0. The van der Waals surface area contributed by atoms with E-state index in [2.05, 4.69) is 27.7 Å². The highest BCUT2D eigenvalue weighted by molar-refractivity contribution is 4.48. The van der Waals surface area contributed by atoms with Gasteiger partial charge in [0, 0.05) is 0 Å². The molecule has 0 amide bonds. The summed E-state index contributed by atoms with van der Waals surface area (Å²) >= 11 is 0. The summed E-state index contributed by atoms with van der Waals surface area (Å²) in [6.45, 7) is 14.9. The van der Waals surface area contributed by atoms with E-state index in [1.807, 2.05) is 0 Å². The molecule has 20 heavy (non-hydrogen) atoms. The smallest absolute Gasteiger partial charge is 0.0786 e. The van der Waals surface area contributed by atoms with E-state index in [4.69, 9.17) is 0 Å². The van der Waals surface area contributed by atoms with Crippen molar-refractivity contribution in [3.63, 3.8) is 0 Å². The molecule has 0 saturated heterocycles. The number of halogens is 1. The van der Waals surface area contributed by atoms with Gasteiger partial charge in [-0.1, -0.05) is 52.4 Å². The Morgan fingerprint density at radius 3 is 1.15 bits per heavy atom. The van der Waals surface area contributed by atoms with Crippen molar-refractivity contribution >= 4 is 0 Å². The van der Waals surface area contributed by atoms with Crippen LogP contribution in [0.25, 0.3) is 0 Å². The van der Waals surface area contributed by atoms with Crippen LogP contribution < -0.4 is 12.4 Å². The maximum absolute atomic E-state index is 2.39. The van der Waals surface area contributed by atoms with Crippen molar-refractivity contribution in [3.8, 4) is 0 Å². The van der Waals surface area contributed by atoms with Crippen LogP contribution in [-0.4, -0.2) is 30.7 Å². The van der Waals surface area contributed by atoms with Crippen molar-refractivity contribution in [2.24, 2.45) is 0 Å². The lowest BCUT2D eigenvalue weighted by Crippen LogP contribution is -3.00. The molecule has 0 atom stereocenters. The van der Waals surface area contributed by atoms with Gasteiger partial charge in [0.25, 0.3) is 0 Å². The second-order valence-corrected chi connectivity index (χ2v) is 6.25. The Labute approximate surface area is 135 Å². The molecule has 0 fully saturated rings. The largest absolute Gasteiger partial charge is 1.00 e. The summed E-state index contributed by atoms with van der Waals surface area (Å²) in [7, 11) is 0. The Bertz CT molecular complexity index is 162. The first kappa shape index (κ1) is 22.5. The van der Waals surface area contributed by atoms with Gasteiger partial charge in [-0.15, -0.1) is 0 Å². The first-order valence-electron chi connectivity index (χ1n) is 9.09. The Balaban J connectivity index is 0. The molecule has 0 unspecified atom stereocenters. The van der Waals surface area contributed by atoms with Crippen molar-refractivity contribution in [2.45, 2.75) is 91.9 Å². The fraction of sp³-hybridized carbons (Fsp3) is 1.00. The van der Waals surface area contributed by atoms with Crippen molar-refractivity contribution in [1.82, 2.24) is 0 Å². The quantitative estimate of drug-likeness (QED) is 0.342. The van der Waals surface area contributed by atoms with Gasteiger partial charge in [-0.25, -0.2) is 0 Å². The topological polar surface area (TPSA) is 0 Å². The highest BCUT2D eigenvalue weighted by Crippen LogP contribution is 2.14. The second kappa shape index (κ2) is 15.6. The summed E-state index contributed by atoms with van der Waals surface area (Å²) in [5.74, 6) is 0. The monoisotopic (exact) mass is 305 g/mol. The molecule has 0 aliphatic rings. The third kappa shape index (κ3) is 11.0. The first-order chi connectivity index (χ1) is 9.24. The lowest BCUT2D eigenvalue weighted by Gasteiger charge is -2.37. The van der Waals surface area contributed by atoms with Gasteiger partial charge in [0.1, 0.15) is 0 Å². The van der Waals surface area contributed by atoms with Crippen molar-refractivity contribution in [3.05, 3.63) is 0 Å². The second-order valence-electron chi connectivity index (χ2n) is 6.25. The van der Waals surface area contributed by atoms with E-state index in [1.54, 1.807) is 0 Å². The van der Waals surface area contributed by atoms with E-state index in [0.717, 1.165) is 0 Å². The average molecular weight is 306 g/mol. The molecule has 124 valence electrons. The van der Waals surface area contributed by atoms with Gasteiger partial charge in [0.2, 0.25) is 0 Å². The van der Waals surface area contributed by atoms with Crippen LogP contribution in [0.15, 0.2) is 0 Å². The van der Waals surface area contributed by atoms with Crippen LogP contribution in [0, 0.1) is 0 Å². The molecule has 0 bridgehead atoms. The molecule has 2 heteroatoms. The summed E-state index contributed by atoms with van der Waals surface area (Å²) in [5.41, 5.74) is 0. The Morgan fingerprint density at radius 1 is 0.500 bits per heavy atom. The molecular formula is C18H40ClN. The third-order valence-electron chi connectivity index (χ3n) is 4.81. The maximum atomic E-state index is 2.39. The molecule has 0 aliphatic carbocycles. The van der Waals surface area contributed by atoms with Crippen molar-refractivity contribution in [2.75, 3.05) is 26.2 Å². The third-order valence-corrected chi connectivity index (χ3v) is 4.81. The van der Waals surface area contributed by atoms with Gasteiger partial charge in [-0.05, 0) is 39.5 Å². The Hall–Kier alpha value is 0.250. The number of quaternary nitrogens is 1. The zero-order valence-electron chi connectivity index (χ0n) is 14.7. The molecular weight excluding hydrogens is 266 g/mol. The standard InChI is InChI=1S/C18H40N.ClH/c1-5-9-11-13-15-17-19(7-3,8-4)18-16-14-12-10-6-2;/h5-18H2,1-4H3;1H/q+1;/p-1. The number of nitrogens with zero attached hydrogens (tertiary/aromatic N) is 1. The van der Waals surface area contributed by atoms with E-state index in [-0.39, 0.29) is 12.4 Å². The zero-order valence-corrected chi connectivity index (χ0v) is 15.5. The normalized spacial score (nSPS) is 11.4. The number of rotatable bonds is 14. The maximum Gasteiger partial charge on any atom is 0.0786 e. The minimum Gasteiger partial charge on any atom is -1.00 e. The van der Waals surface area contributed by atoms with Gasteiger partial charge >= 0.3 is 0 Å². The fourth-order valence-corrected chi connectivity index (χ4v) is 3.07. The zero-order chi connectivity index (χ0) is 14.4. The van der Waals surface area contributed by atoms with E-state index in [1.165, 1.54) is 94.9 Å². The van der Waals surface area contributed by atoms with Gasteiger partial charge < -0.3 is 16.9 Å². The lowest BCUT2D eigenvalue weighted by atomic mass is 10.1. The molecule has 0 aromatic heterocycles. The predicted molar refractivity (Wildman–Crippen MR) is 88.6 cm³/mol. The fourth-order valence-electron chi connectivity index (χ4n) is 3.07. The molecule has 0 rings (SSSR count). The molecule has 0 aliphatic heterocycles. The predicted octanol–water partition coefficient (Wildman–Crippen LogP) is 2.79. The van der Waals surface area contributed by atoms with Crippen molar-refractivity contribution in [1.29, 1.82) is 0 Å². The summed E-state index contributed by atoms with van der Waals surface area (Å²) in [5, 5.41) is 0. The summed E-state index contributed by atoms with van der Waals surface area (Å²) < 4.78 is 1.37. The van der Waals surface area contributed by atoms with Crippen LogP contribution in [0.2, 0.25) is 0 Å². The number of hydrogen-bond donors (Lipinski definition) is 0. The Kier molecular flexibility index (Phi) is 17.6. The van der Waals surface area contributed by atoms with Crippen LogP contribution in [0.5, 0.6) is 0 Å². The van der Waals surface area contributed by atoms with Crippen LogP contribution in [0.1, 0.15) is 91.9 Å².